The van der Waals surface area contributed by atoms with Gasteiger partial charge in [0.05, 0.1) is 11.4 Å². The number of fused-ring (bicyclic) bond motifs is 1. The smallest absolute Gasteiger partial charge is 0.262 e. The van der Waals surface area contributed by atoms with Gasteiger partial charge in [-0.15, -0.1) is 0 Å². The lowest BCUT2D eigenvalue weighted by Crippen LogP contribution is -2.17. The van der Waals surface area contributed by atoms with Crippen LogP contribution in [-0.2, 0) is 0 Å². The molecule has 4 rings (SSSR count). The maximum Gasteiger partial charge on any atom is 0.262 e. The Bertz CT molecular complexity index is 1310. The molecule has 0 aliphatic carbocycles. The summed E-state index contributed by atoms with van der Waals surface area (Å²) < 4.78 is 16.1. The molecular formula is C20H13BrFN3O2S. The first kappa shape index (κ1) is 18.5. The Morgan fingerprint density at radius 2 is 2.04 bits per heavy atom. The predicted molar refractivity (Wildman–Crippen MR) is 114 cm³/mol. The van der Waals surface area contributed by atoms with E-state index in [-0.39, 0.29) is 16.0 Å². The maximum absolute atomic E-state index is 14.3. The number of aliphatic imine (C=N–C) groups is 1. The summed E-state index contributed by atoms with van der Waals surface area (Å²) in [6.45, 7) is 1.82. The van der Waals surface area contributed by atoms with Gasteiger partial charge in [-0.25, -0.2) is 4.39 Å². The lowest BCUT2D eigenvalue weighted by molar-refractivity contribution is 0.429. The van der Waals surface area contributed by atoms with Crippen LogP contribution in [0.5, 0.6) is 5.88 Å². The number of aromatic nitrogens is 2. The molecule has 1 aliphatic rings. The van der Waals surface area contributed by atoms with Gasteiger partial charge in [-0.1, -0.05) is 28.1 Å². The fourth-order valence-corrected chi connectivity index (χ4v) is 3.75. The summed E-state index contributed by atoms with van der Waals surface area (Å²) >= 11 is 8.58. The zero-order valence-corrected chi connectivity index (χ0v) is 16.9. The van der Waals surface area contributed by atoms with Crippen LogP contribution >= 0.6 is 28.1 Å². The summed E-state index contributed by atoms with van der Waals surface area (Å²) in [4.78, 5) is 19.5. The minimum atomic E-state index is -0.576. The van der Waals surface area contributed by atoms with Gasteiger partial charge in [0.1, 0.15) is 11.4 Å². The number of hydrogen-bond acceptors (Lipinski definition) is 4. The standard InChI is InChI=1S/C20H13BrFN3O2S/c1-10-12(13-8-11(21)6-7-16(13)23-10)9-14-18(26)24-20(28)25(19(14)27)17-5-3-2-4-15(17)22/h2-9,27H,1H3,(H,24,26,28)/b12-9+. The summed E-state index contributed by atoms with van der Waals surface area (Å²) in [6.07, 6.45) is 1.54. The second kappa shape index (κ2) is 6.96. The van der Waals surface area contributed by atoms with E-state index in [4.69, 9.17) is 12.2 Å². The fourth-order valence-electron chi connectivity index (χ4n) is 3.11. The summed E-state index contributed by atoms with van der Waals surface area (Å²) in [6, 6.07) is 11.5. The minimum Gasteiger partial charge on any atom is -0.494 e. The molecule has 2 N–H and O–H groups in total. The topological polar surface area (TPSA) is 70.4 Å². The van der Waals surface area contributed by atoms with Crippen LogP contribution in [0, 0.1) is 10.6 Å². The van der Waals surface area contributed by atoms with E-state index in [0.717, 1.165) is 20.3 Å². The third kappa shape index (κ3) is 3.04. The van der Waals surface area contributed by atoms with Gasteiger partial charge < -0.3 is 5.11 Å². The molecule has 8 heteroatoms. The summed E-state index contributed by atoms with van der Waals surface area (Å²) in [5, 5.41) is 10.8. The molecule has 5 nitrogen and oxygen atoms in total. The van der Waals surface area contributed by atoms with Crippen molar-refractivity contribution in [3.05, 3.63) is 79.0 Å². The van der Waals surface area contributed by atoms with Gasteiger partial charge in [-0.05, 0) is 55.5 Å². The quantitative estimate of drug-likeness (QED) is 0.522. The van der Waals surface area contributed by atoms with Crippen molar-refractivity contribution in [1.82, 2.24) is 9.55 Å². The number of nitrogens with one attached hydrogen (secondary N) is 1. The Hall–Kier alpha value is -2.84. The highest BCUT2D eigenvalue weighted by Gasteiger charge is 2.21. The van der Waals surface area contributed by atoms with E-state index in [1.54, 1.807) is 6.07 Å². The zero-order chi connectivity index (χ0) is 20.0. The molecule has 0 spiro atoms. The fraction of sp³-hybridized carbons (Fsp3) is 0.0500. The molecular weight excluding hydrogens is 445 g/mol. The molecule has 0 radical (unpaired) electrons. The number of aromatic amines is 1. The van der Waals surface area contributed by atoms with Gasteiger partial charge in [0.25, 0.3) is 5.56 Å². The van der Waals surface area contributed by atoms with Crippen LogP contribution in [0.1, 0.15) is 18.1 Å². The van der Waals surface area contributed by atoms with E-state index in [2.05, 4.69) is 25.9 Å². The number of H-pyrrole nitrogens is 1. The van der Waals surface area contributed by atoms with Crippen LogP contribution in [0.4, 0.5) is 10.1 Å². The first-order chi connectivity index (χ1) is 13.4. The number of benzene rings is 2. The lowest BCUT2D eigenvalue weighted by Gasteiger charge is -2.12. The Balaban J connectivity index is 1.98. The van der Waals surface area contributed by atoms with Gasteiger partial charge in [0.15, 0.2) is 4.77 Å². The number of hydrogen-bond donors (Lipinski definition) is 2. The van der Waals surface area contributed by atoms with Gasteiger partial charge in [-0.2, -0.15) is 0 Å². The average Bonchev–Trinajstić information content (AvgIpc) is 2.94. The number of para-hydroxylation sites is 1. The monoisotopic (exact) mass is 457 g/mol. The summed E-state index contributed by atoms with van der Waals surface area (Å²) in [5.41, 5.74) is 2.42. The highest BCUT2D eigenvalue weighted by atomic mass is 79.9. The van der Waals surface area contributed by atoms with Crippen molar-refractivity contribution in [3.8, 4) is 11.6 Å². The largest absolute Gasteiger partial charge is 0.494 e. The lowest BCUT2D eigenvalue weighted by atomic mass is 10.0. The Morgan fingerprint density at radius 3 is 2.79 bits per heavy atom. The van der Waals surface area contributed by atoms with Crippen LogP contribution in [0.2, 0.25) is 0 Å². The Labute approximate surface area is 172 Å². The van der Waals surface area contributed by atoms with Gasteiger partial charge in [-0.3, -0.25) is 19.3 Å². The molecule has 1 aromatic heterocycles. The van der Waals surface area contributed by atoms with Crippen molar-refractivity contribution in [2.45, 2.75) is 6.92 Å². The Morgan fingerprint density at radius 1 is 1.29 bits per heavy atom. The van der Waals surface area contributed by atoms with E-state index in [1.165, 1.54) is 24.3 Å². The molecule has 0 saturated heterocycles. The van der Waals surface area contributed by atoms with E-state index >= 15 is 0 Å². The number of halogens is 2. The van der Waals surface area contributed by atoms with Crippen LogP contribution in [-0.4, -0.2) is 20.4 Å². The zero-order valence-electron chi connectivity index (χ0n) is 14.5. The molecule has 0 fully saturated rings. The molecule has 0 unspecified atom stereocenters. The molecule has 140 valence electrons. The van der Waals surface area contributed by atoms with Crippen molar-refractivity contribution < 1.29 is 9.50 Å². The van der Waals surface area contributed by atoms with E-state index < -0.39 is 17.3 Å². The van der Waals surface area contributed by atoms with Crippen LogP contribution < -0.4 is 5.56 Å². The van der Waals surface area contributed by atoms with Crippen molar-refractivity contribution in [1.29, 1.82) is 0 Å². The molecule has 1 aliphatic heterocycles. The van der Waals surface area contributed by atoms with Crippen LogP contribution in [0.3, 0.4) is 0 Å². The van der Waals surface area contributed by atoms with Crippen molar-refractivity contribution in [2.75, 3.05) is 0 Å². The van der Waals surface area contributed by atoms with Gasteiger partial charge in [0.2, 0.25) is 5.88 Å². The number of aromatic hydroxyl groups is 1. The van der Waals surface area contributed by atoms with Gasteiger partial charge in [0, 0.05) is 21.3 Å². The number of nitrogens with zero attached hydrogens (tertiary/aromatic N) is 2. The highest BCUT2D eigenvalue weighted by molar-refractivity contribution is 9.10. The molecule has 2 aromatic carbocycles. The maximum atomic E-state index is 14.3. The van der Waals surface area contributed by atoms with Crippen molar-refractivity contribution in [3.63, 3.8) is 0 Å². The molecule has 3 aromatic rings. The molecule has 28 heavy (non-hydrogen) atoms. The third-order valence-electron chi connectivity index (χ3n) is 4.43. The molecule has 0 atom stereocenters. The molecule has 0 amide bonds. The second-order valence-corrected chi connectivity index (χ2v) is 7.50. The second-order valence-electron chi connectivity index (χ2n) is 6.20. The molecule has 0 bridgehead atoms. The van der Waals surface area contributed by atoms with Crippen molar-refractivity contribution in [2.24, 2.45) is 4.99 Å². The summed E-state index contributed by atoms with van der Waals surface area (Å²) in [5.74, 6) is -1.02. The predicted octanol–water partition coefficient (Wildman–Crippen LogP) is 5.15. The average molecular weight is 458 g/mol. The minimum absolute atomic E-state index is 0.0331. The number of allylic oxidation sites excluding steroid dienone is 1. The van der Waals surface area contributed by atoms with Crippen LogP contribution in [0.25, 0.3) is 17.3 Å². The van der Waals surface area contributed by atoms with E-state index in [0.29, 0.717) is 11.3 Å². The normalized spacial score (nSPS) is 14.2. The first-order valence-corrected chi connectivity index (χ1v) is 9.47. The van der Waals surface area contributed by atoms with Gasteiger partial charge >= 0.3 is 0 Å². The Kier molecular flexibility index (Phi) is 4.60. The molecule has 2 heterocycles. The summed E-state index contributed by atoms with van der Waals surface area (Å²) in [7, 11) is 0. The first-order valence-electron chi connectivity index (χ1n) is 8.27. The SMILES string of the molecule is CC1=Nc2ccc(Br)cc2/C1=C/c1c(O)n(-c2ccccc2F)c(=S)[nH]c1=O. The number of rotatable bonds is 2. The van der Waals surface area contributed by atoms with Crippen molar-refractivity contribution >= 4 is 51.2 Å². The highest BCUT2D eigenvalue weighted by Crippen LogP contribution is 2.38. The molecule has 0 saturated carbocycles. The third-order valence-corrected chi connectivity index (χ3v) is 5.21. The van der Waals surface area contributed by atoms with E-state index in [9.17, 15) is 14.3 Å². The van der Waals surface area contributed by atoms with E-state index in [1.807, 2.05) is 25.1 Å². The van der Waals surface area contributed by atoms with Crippen LogP contribution in [0.15, 0.2) is 56.7 Å².